The van der Waals surface area contributed by atoms with Crippen LogP contribution in [0.25, 0.3) is 10.9 Å². The van der Waals surface area contributed by atoms with Crippen LogP contribution in [0, 0.1) is 0 Å². The third-order valence-electron chi connectivity index (χ3n) is 3.44. The number of benzene rings is 1. The van der Waals surface area contributed by atoms with Crippen molar-refractivity contribution in [3.05, 3.63) is 35.9 Å². The number of pyridine rings is 1. The molecule has 3 N–H and O–H groups in total. The van der Waals surface area contributed by atoms with Crippen molar-refractivity contribution in [2.45, 2.75) is 12.8 Å². The van der Waals surface area contributed by atoms with Gasteiger partial charge in [0.1, 0.15) is 11.1 Å². The van der Waals surface area contributed by atoms with Gasteiger partial charge in [0.25, 0.3) is 11.7 Å². The number of likely N-dealkylation sites (tertiary alicyclic amines) is 1. The predicted octanol–water partition coefficient (Wildman–Crippen LogP) is 1.47. The number of para-hydroxylation sites is 1. The lowest BCUT2D eigenvalue weighted by Gasteiger charge is -2.14. The second kappa shape index (κ2) is 4.29. The van der Waals surface area contributed by atoms with Crippen LogP contribution in [0.15, 0.2) is 30.3 Å². The number of rotatable bonds is 1. The van der Waals surface area contributed by atoms with Crippen LogP contribution < -0.4 is 10.7 Å². The highest BCUT2D eigenvalue weighted by molar-refractivity contribution is 6.00. The molecule has 1 aromatic heterocycles. The average Bonchev–Trinajstić information content (AvgIpc) is 2.91. The molecule has 0 unspecified atom stereocenters. The van der Waals surface area contributed by atoms with E-state index in [9.17, 15) is 4.79 Å². The molecule has 1 amide bonds. The number of carbonyl (C=O) groups excluding carboxylic acids is 1. The van der Waals surface area contributed by atoms with Gasteiger partial charge in [0.15, 0.2) is 0 Å². The first-order valence-corrected chi connectivity index (χ1v) is 6.25. The molecular weight excluding hydrogens is 226 g/mol. The number of amides is 1. The number of nitrogens with one attached hydrogen (secondary N) is 1. The van der Waals surface area contributed by atoms with Gasteiger partial charge in [-0.2, -0.15) is 0 Å². The van der Waals surface area contributed by atoms with Crippen molar-refractivity contribution in [1.29, 1.82) is 0 Å². The molecule has 0 bridgehead atoms. The van der Waals surface area contributed by atoms with Crippen molar-refractivity contribution in [3.8, 4) is 0 Å². The molecule has 3 rings (SSSR count). The zero-order valence-electron chi connectivity index (χ0n) is 10.1. The minimum absolute atomic E-state index is 0.0343. The topological polar surface area (TPSA) is 60.5 Å². The minimum Gasteiger partial charge on any atom is -0.338 e. The summed E-state index contributed by atoms with van der Waals surface area (Å²) in [6.07, 6.45) is 2.17. The second-order valence-electron chi connectivity index (χ2n) is 4.68. The van der Waals surface area contributed by atoms with Gasteiger partial charge in [-0.1, -0.05) is 18.2 Å². The Labute approximate surface area is 105 Å². The van der Waals surface area contributed by atoms with Gasteiger partial charge in [0, 0.05) is 18.5 Å². The molecule has 2 heterocycles. The summed E-state index contributed by atoms with van der Waals surface area (Å²) in [5.41, 5.74) is 7.48. The number of aromatic amines is 1. The van der Waals surface area contributed by atoms with E-state index in [4.69, 9.17) is 5.73 Å². The molecule has 0 radical (unpaired) electrons. The summed E-state index contributed by atoms with van der Waals surface area (Å²) in [6, 6.07) is 9.71. The van der Waals surface area contributed by atoms with Gasteiger partial charge < -0.3 is 4.90 Å². The first-order chi connectivity index (χ1) is 8.75. The van der Waals surface area contributed by atoms with Crippen LogP contribution in [0.1, 0.15) is 23.2 Å². The molecule has 0 atom stereocenters. The number of hydrogen-bond donors (Lipinski definition) is 1. The highest BCUT2D eigenvalue weighted by atomic mass is 16.2. The number of carbonyl (C=O) groups is 1. The Morgan fingerprint density at radius 2 is 1.94 bits per heavy atom. The zero-order valence-corrected chi connectivity index (χ0v) is 10.1. The molecule has 18 heavy (non-hydrogen) atoms. The van der Waals surface area contributed by atoms with Crippen LogP contribution in [-0.4, -0.2) is 23.9 Å². The lowest BCUT2D eigenvalue weighted by atomic mass is 10.1. The number of aromatic nitrogens is 1. The quantitative estimate of drug-likeness (QED) is 0.823. The van der Waals surface area contributed by atoms with E-state index in [1.54, 1.807) is 0 Å². The van der Waals surface area contributed by atoms with Crippen molar-refractivity contribution in [2.24, 2.45) is 0 Å². The standard InChI is InChI=1S/C14H15N3O/c15-13-11(14(18)17-7-3-4-8-17)9-10-5-1-2-6-12(10)16-13/h1-2,5-6,9H,3-4,7-8H2,(H2,15,16)/p+1. The average molecular weight is 242 g/mol. The number of nitrogen functional groups attached to an aromatic ring is 1. The van der Waals surface area contributed by atoms with Gasteiger partial charge in [-0.05, 0) is 25.0 Å². The number of nitrogens with zero attached hydrogens (tertiary/aromatic N) is 1. The number of H-pyrrole nitrogens is 1. The second-order valence-corrected chi connectivity index (χ2v) is 4.68. The third-order valence-corrected chi connectivity index (χ3v) is 3.44. The largest absolute Gasteiger partial charge is 0.338 e. The summed E-state index contributed by atoms with van der Waals surface area (Å²) in [5.74, 6) is 0.484. The Hall–Kier alpha value is -2.10. The molecular formula is C14H16N3O+. The SMILES string of the molecule is Nc1[nH+]c2ccccc2cc1C(=O)N1CCCC1. The van der Waals surface area contributed by atoms with Gasteiger partial charge in [-0.25, -0.2) is 4.98 Å². The highest BCUT2D eigenvalue weighted by Crippen LogP contribution is 2.18. The number of hydrogen-bond acceptors (Lipinski definition) is 2. The summed E-state index contributed by atoms with van der Waals surface area (Å²) in [6.45, 7) is 1.68. The van der Waals surface area contributed by atoms with Crippen LogP contribution in [0.4, 0.5) is 5.82 Å². The fourth-order valence-corrected chi connectivity index (χ4v) is 2.45. The Morgan fingerprint density at radius 1 is 1.22 bits per heavy atom. The number of fused-ring (bicyclic) bond motifs is 1. The third kappa shape index (κ3) is 1.79. The first kappa shape index (κ1) is 11.0. The van der Waals surface area contributed by atoms with E-state index in [1.807, 2.05) is 35.2 Å². The lowest BCUT2D eigenvalue weighted by molar-refractivity contribution is -0.326. The maximum absolute atomic E-state index is 12.3. The van der Waals surface area contributed by atoms with Gasteiger partial charge in [-0.3, -0.25) is 10.5 Å². The molecule has 4 heteroatoms. The molecule has 0 aliphatic carbocycles. The van der Waals surface area contributed by atoms with Crippen molar-refractivity contribution < 1.29 is 9.78 Å². The summed E-state index contributed by atoms with van der Waals surface area (Å²) < 4.78 is 0. The van der Waals surface area contributed by atoms with E-state index >= 15 is 0 Å². The first-order valence-electron chi connectivity index (χ1n) is 6.25. The van der Waals surface area contributed by atoms with Crippen LogP contribution >= 0.6 is 0 Å². The molecule has 0 saturated carbocycles. The van der Waals surface area contributed by atoms with Crippen molar-refractivity contribution in [2.75, 3.05) is 18.8 Å². The smallest absolute Gasteiger partial charge is 0.283 e. The fourth-order valence-electron chi connectivity index (χ4n) is 2.45. The molecule has 1 aromatic carbocycles. The van der Waals surface area contributed by atoms with E-state index in [1.165, 1.54) is 0 Å². The fraction of sp³-hybridized carbons (Fsp3) is 0.286. The zero-order chi connectivity index (χ0) is 12.5. The van der Waals surface area contributed by atoms with Crippen LogP contribution in [0.2, 0.25) is 0 Å². The van der Waals surface area contributed by atoms with E-state index in [0.29, 0.717) is 11.4 Å². The van der Waals surface area contributed by atoms with Crippen molar-refractivity contribution in [1.82, 2.24) is 4.90 Å². The molecule has 1 fully saturated rings. The predicted molar refractivity (Wildman–Crippen MR) is 70.1 cm³/mol. The summed E-state index contributed by atoms with van der Waals surface area (Å²) in [5, 5.41) is 1.01. The molecule has 1 aliphatic rings. The maximum Gasteiger partial charge on any atom is 0.283 e. The van der Waals surface area contributed by atoms with E-state index in [0.717, 1.165) is 36.8 Å². The molecule has 1 aliphatic heterocycles. The summed E-state index contributed by atoms with van der Waals surface area (Å²) >= 11 is 0. The van der Waals surface area contributed by atoms with Gasteiger partial charge >= 0.3 is 0 Å². The van der Waals surface area contributed by atoms with Gasteiger partial charge in [0.2, 0.25) is 0 Å². The lowest BCUT2D eigenvalue weighted by Crippen LogP contribution is -2.30. The van der Waals surface area contributed by atoms with Crippen LogP contribution in [0.5, 0.6) is 0 Å². The van der Waals surface area contributed by atoms with Crippen molar-refractivity contribution in [3.63, 3.8) is 0 Å². The highest BCUT2D eigenvalue weighted by Gasteiger charge is 2.24. The van der Waals surface area contributed by atoms with E-state index in [-0.39, 0.29) is 5.91 Å². The molecule has 1 saturated heterocycles. The van der Waals surface area contributed by atoms with E-state index in [2.05, 4.69) is 4.98 Å². The molecule has 2 aromatic rings. The Morgan fingerprint density at radius 3 is 2.72 bits per heavy atom. The Bertz CT molecular complexity index is 603. The Balaban J connectivity index is 2.05. The minimum atomic E-state index is 0.0343. The van der Waals surface area contributed by atoms with Crippen LogP contribution in [0.3, 0.4) is 0 Å². The van der Waals surface area contributed by atoms with Gasteiger partial charge in [0.05, 0.1) is 0 Å². The summed E-state index contributed by atoms with van der Waals surface area (Å²) in [7, 11) is 0. The number of nitrogens with two attached hydrogens (primary N) is 1. The maximum atomic E-state index is 12.3. The number of anilines is 1. The van der Waals surface area contributed by atoms with E-state index < -0.39 is 0 Å². The van der Waals surface area contributed by atoms with Crippen molar-refractivity contribution >= 4 is 22.6 Å². The summed E-state index contributed by atoms with van der Waals surface area (Å²) in [4.78, 5) is 17.3. The monoisotopic (exact) mass is 242 g/mol. The van der Waals surface area contributed by atoms with Gasteiger partial charge in [-0.15, -0.1) is 0 Å². The molecule has 0 spiro atoms. The Kier molecular flexibility index (Phi) is 2.63. The normalized spacial score (nSPS) is 15.2. The van der Waals surface area contributed by atoms with Crippen LogP contribution in [-0.2, 0) is 0 Å². The molecule has 4 nitrogen and oxygen atoms in total. The molecule has 92 valence electrons.